The number of morpholine rings is 1. The summed E-state index contributed by atoms with van der Waals surface area (Å²) in [6.45, 7) is 7.40. The van der Waals surface area contributed by atoms with E-state index in [1.807, 2.05) is 0 Å². The molecule has 1 aromatic rings. The molecule has 0 aliphatic carbocycles. The van der Waals surface area contributed by atoms with Crippen LogP contribution in [0.25, 0.3) is 0 Å². The van der Waals surface area contributed by atoms with Crippen LogP contribution in [0.2, 0.25) is 0 Å². The van der Waals surface area contributed by atoms with Crippen molar-refractivity contribution >= 4 is 5.88 Å². The van der Waals surface area contributed by atoms with Gasteiger partial charge in [0, 0.05) is 38.7 Å². The Morgan fingerprint density at radius 2 is 1.75 bits per heavy atom. The van der Waals surface area contributed by atoms with E-state index in [9.17, 15) is 0 Å². The normalized spacial score (nSPS) is 21.3. The van der Waals surface area contributed by atoms with E-state index in [2.05, 4.69) is 21.9 Å². The second-order valence-electron chi connectivity index (χ2n) is 5.85. The molecule has 3 heterocycles. The van der Waals surface area contributed by atoms with Crippen LogP contribution in [0.3, 0.4) is 0 Å². The Balaban J connectivity index is 1.42. The van der Waals surface area contributed by atoms with Crippen LogP contribution in [0.1, 0.15) is 31.4 Å². The number of nitrogens with zero attached hydrogens (tertiary/aromatic N) is 2. The molecule has 20 heavy (non-hydrogen) atoms. The van der Waals surface area contributed by atoms with Gasteiger partial charge < -0.3 is 14.1 Å². The molecule has 1 aromatic heterocycles. The van der Waals surface area contributed by atoms with Crippen molar-refractivity contribution in [3.63, 3.8) is 0 Å². The summed E-state index contributed by atoms with van der Waals surface area (Å²) in [4.78, 5) is 4.87. The van der Waals surface area contributed by atoms with Crippen LogP contribution in [0.4, 0.5) is 5.88 Å². The van der Waals surface area contributed by atoms with Gasteiger partial charge in [0.25, 0.3) is 0 Å². The zero-order valence-electron chi connectivity index (χ0n) is 12.4. The third-order valence-corrected chi connectivity index (χ3v) is 4.32. The van der Waals surface area contributed by atoms with Gasteiger partial charge in [-0.15, -0.1) is 0 Å². The monoisotopic (exact) mass is 278 g/mol. The van der Waals surface area contributed by atoms with Crippen LogP contribution in [0.15, 0.2) is 16.5 Å². The molecule has 0 radical (unpaired) electrons. The van der Waals surface area contributed by atoms with Crippen molar-refractivity contribution in [1.82, 2.24) is 4.90 Å². The average molecular weight is 278 g/mol. The van der Waals surface area contributed by atoms with Crippen LogP contribution in [0.5, 0.6) is 0 Å². The van der Waals surface area contributed by atoms with E-state index in [1.54, 1.807) is 0 Å². The lowest BCUT2D eigenvalue weighted by molar-refractivity contribution is 0.0373. The van der Waals surface area contributed by atoms with Gasteiger partial charge in [-0.3, -0.25) is 4.90 Å². The summed E-state index contributed by atoms with van der Waals surface area (Å²) in [7, 11) is 0. The molecule has 0 unspecified atom stereocenters. The van der Waals surface area contributed by atoms with Gasteiger partial charge in [0.05, 0.1) is 13.2 Å². The first kappa shape index (κ1) is 14.0. The van der Waals surface area contributed by atoms with E-state index in [0.29, 0.717) is 0 Å². The Hall–Kier alpha value is -1.00. The number of hydrogen-bond acceptors (Lipinski definition) is 4. The van der Waals surface area contributed by atoms with E-state index in [4.69, 9.17) is 9.15 Å². The maximum absolute atomic E-state index is 6.00. The fourth-order valence-corrected chi connectivity index (χ4v) is 3.09. The van der Waals surface area contributed by atoms with Crippen molar-refractivity contribution < 1.29 is 9.15 Å². The summed E-state index contributed by atoms with van der Waals surface area (Å²) >= 11 is 0. The Bertz CT molecular complexity index is 393. The predicted molar refractivity (Wildman–Crippen MR) is 80.4 cm³/mol. The maximum atomic E-state index is 6.00. The highest BCUT2D eigenvalue weighted by molar-refractivity contribution is 5.36. The van der Waals surface area contributed by atoms with E-state index in [1.165, 1.54) is 25.7 Å². The molecule has 2 fully saturated rings. The molecule has 0 saturated carbocycles. The van der Waals surface area contributed by atoms with Gasteiger partial charge in [0.1, 0.15) is 5.76 Å². The fourth-order valence-electron chi connectivity index (χ4n) is 3.09. The Labute approximate surface area is 121 Å². The molecule has 4 nitrogen and oxygen atoms in total. The summed E-state index contributed by atoms with van der Waals surface area (Å²) < 4.78 is 11.4. The molecular weight excluding hydrogens is 252 g/mol. The standard InChI is InChI=1S/C16H26N2O2/c1-2-9-18(10-3-1)16-7-6-15(20-16)5-4-8-17-11-13-19-14-12-17/h6-7H,1-5,8-14H2. The first-order valence-electron chi connectivity index (χ1n) is 8.05. The lowest BCUT2D eigenvalue weighted by Gasteiger charge is -2.26. The zero-order chi connectivity index (χ0) is 13.6. The molecule has 4 heteroatoms. The molecule has 0 aromatic carbocycles. The van der Waals surface area contributed by atoms with Crippen molar-refractivity contribution in [3.05, 3.63) is 17.9 Å². The van der Waals surface area contributed by atoms with Crippen LogP contribution >= 0.6 is 0 Å². The predicted octanol–water partition coefficient (Wildman–Crippen LogP) is 2.53. The first-order chi connectivity index (χ1) is 9.92. The van der Waals surface area contributed by atoms with Crippen LogP contribution in [0, 0.1) is 0 Å². The van der Waals surface area contributed by atoms with Crippen LogP contribution < -0.4 is 4.90 Å². The van der Waals surface area contributed by atoms with Crippen molar-refractivity contribution in [1.29, 1.82) is 0 Å². The summed E-state index contributed by atoms with van der Waals surface area (Å²) in [5, 5.41) is 0. The molecule has 0 atom stereocenters. The number of anilines is 1. The lowest BCUT2D eigenvalue weighted by atomic mass is 10.1. The molecule has 0 N–H and O–H groups in total. The van der Waals surface area contributed by atoms with Gasteiger partial charge in [-0.2, -0.15) is 0 Å². The number of rotatable bonds is 5. The van der Waals surface area contributed by atoms with Crippen LogP contribution in [-0.2, 0) is 11.2 Å². The third-order valence-electron chi connectivity index (χ3n) is 4.32. The summed E-state index contributed by atoms with van der Waals surface area (Å²) in [6.07, 6.45) is 6.18. The fraction of sp³-hybridized carbons (Fsp3) is 0.750. The van der Waals surface area contributed by atoms with Gasteiger partial charge in [0.2, 0.25) is 0 Å². The zero-order valence-corrected chi connectivity index (χ0v) is 12.4. The summed E-state index contributed by atoms with van der Waals surface area (Å²) in [6, 6.07) is 4.30. The molecule has 0 amide bonds. The molecule has 112 valence electrons. The van der Waals surface area contributed by atoms with Gasteiger partial charge >= 0.3 is 0 Å². The largest absolute Gasteiger partial charge is 0.446 e. The minimum atomic E-state index is 0.889. The molecule has 0 bridgehead atoms. The SMILES string of the molecule is c1cc(N2CCCCC2)oc1CCCN1CCOCC1. The second kappa shape index (κ2) is 7.14. The van der Waals surface area contributed by atoms with Gasteiger partial charge in [0.15, 0.2) is 5.88 Å². The topological polar surface area (TPSA) is 28.9 Å². The molecule has 2 saturated heterocycles. The smallest absolute Gasteiger partial charge is 0.195 e. The van der Waals surface area contributed by atoms with Gasteiger partial charge in [-0.1, -0.05) is 0 Å². The number of aryl methyl sites for hydroxylation is 1. The highest BCUT2D eigenvalue weighted by Gasteiger charge is 2.14. The molecule has 2 aliphatic heterocycles. The van der Waals surface area contributed by atoms with Crippen LogP contribution in [-0.4, -0.2) is 50.8 Å². The van der Waals surface area contributed by atoms with Gasteiger partial charge in [-0.25, -0.2) is 0 Å². The van der Waals surface area contributed by atoms with Crippen molar-refractivity contribution in [2.45, 2.75) is 32.1 Å². The second-order valence-corrected chi connectivity index (χ2v) is 5.85. The minimum Gasteiger partial charge on any atom is -0.446 e. The number of furan rings is 1. The lowest BCUT2D eigenvalue weighted by Crippen LogP contribution is -2.36. The van der Waals surface area contributed by atoms with E-state index in [-0.39, 0.29) is 0 Å². The number of ether oxygens (including phenoxy) is 1. The van der Waals surface area contributed by atoms with E-state index >= 15 is 0 Å². The number of hydrogen-bond donors (Lipinski definition) is 0. The molecule has 2 aliphatic rings. The van der Waals surface area contributed by atoms with Crippen molar-refractivity contribution in [2.75, 3.05) is 50.8 Å². The minimum absolute atomic E-state index is 0.889. The van der Waals surface area contributed by atoms with Crippen molar-refractivity contribution in [3.8, 4) is 0 Å². The average Bonchev–Trinajstić information content (AvgIpc) is 2.98. The van der Waals surface area contributed by atoms with Crippen molar-refractivity contribution in [2.24, 2.45) is 0 Å². The third kappa shape index (κ3) is 3.76. The summed E-state index contributed by atoms with van der Waals surface area (Å²) in [5.41, 5.74) is 0. The Morgan fingerprint density at radius 3 is 2.55 bits per heavy atom. The quantitative estimate of drug-likeness (QED) is 0.827. The molecular formula is C16H26N2O2. The van der Waals surface area contributed by atoms with Gasteiger partial charge in [-0.05, 0) is 38.3 Å². The Morgan fingerprint density at radius 1 is 0.950 bits per heavy atom. The van der Waals surface area contributed by atoms with E-state index in [0.717, 1.165) is 64.0 Å². The molecule has 3 rings (SSSR count). The molecule has 0 spiro atoms. The maximum Gasteiger partial charge on any atom is 0.195 e. The first-order valence-corrected chi connectivity index (χ1v) is 8.05. The Kier molecular flexibility index (Phi) is 4.98. The number of piperidine rings is 1. The summed E-state index contributed by atoms with van der Waals surface area (Å²) in [5.74, 6) is 2.21. The van der Waals surface area contributed by atoms with E-state index < -0.39 is 0 Å². The highest BCUT2D eigenvalue weighted by Crippen LogP contribution is 2.23. The highest BCUT2D eigenvalue weighted by atomic mass is 16.5.